The Morgan fingerprint density at radius 2 is 1.58 bits per heavy atom. The van der Waals surface area contributed by atoms with Crippen LogP contribution in [-0.4, -0.2) is 12.6 Å². The van der Waals surface area contributed by atoms with Crippen molar-refractivity contribution in [2.75, 3.05) is 6.61 Å². The number of hydrogen-bond donors (Lipinski definition) is 0. The van der Waals surface area contributed by atoms with Crippen molar-refractivity contribution in [2.24, 2.45) is 0 Å². The van der Waals surface area contributed by atoms with Crippen LogP contribution >= 0.6 is 11.3 Å². The van der Waals surface area contributed by atoms with Crippen LogP contribution in [0.25, 0.3) is 28.7 Å². The number of rotatable bonds is 6. The zero-order valence-electron chi connectivity index (χ0n) is 14.6. The fourth-order valence-corrected chi connectivity index (χ4v) is 3.37. The summed E-state index contributed by atoms with van der Waals surface area (Å²) in [4.78, 5) is 13.8. The summed E-state index contributed by atoms with van der Waals surface area (Å²) in [7, 11) is 0. The van der Waals surface area contributed by atoms with Gasteiger partial charge >= 0.3 is 5.97 Å². The molecular weight excluding hydrogens is 340 g/mol. The quantitative estimate of drug-likeness (QED) is 0.388. The summed E-state index contributed by atoms with van der Waals surface area (Å²) < 4.78 is 4.87. The highest BCUT2D eigenvalue weighted by atomic mass is 32.1. The molecule has 0 N–H and O–H groups in total. The van der Waals surface area contributed by atoms with Crippen molar-refractivity contribution in [2.45, 2.75) is 6.92 Å². The van der Waals surface area contributed by atoms with Crippen molar-refractivity contribution in [1.82, 2.24) is 0 Å². The molecule has 0 aliphatic carbocycles. The minimum Gasteiger partial charge on any atom is -0.463 e. The van der Waals surface area contributed by atoms with Gasteiger partial charge < -0.3 is 4.74 Å². The van der Waals surface area contributed by atoms with E-state index in [0.29, 0.717) is 6.61 Å². The molecule has 0 radical (unpaired) electrons. The van der Waals surface area contributed by atoms with Crippen molar-refractivity contribution < 1.29 is 9.53 Å². The molecule has 2 aromatic carbocycles. The predicted octanol–water partition coefficient (Wildman–Crippen LogP) is 6.16. The van der Waals surface area contributed by atoms with Crippen LogP contribution in [0, 0.1) is 0 Å². The van der Waals surface area contributed by atoms with E-state index in [2.05, 4.69) is 48.6 Å². The lowest BCUT2D eigenvalue weighted by Crippen LogP contribution is -1.98. The molecule has 1 heterocycles. The van der Waals surface area contributed by atoms with E-state index in [1.54, 1.807) is 24.3 Å². The molecular formula is C23H20O2S. The van der Waals surface area contributed by atoms with Gasteiger partial charge in [-0.05, 0) is 47.9 Å². The zero-order chi connectivity index (χ0) is 18.2. The summed E-state index contributed by atoms with van der Waals surface area (Å²) in [6, 6.07) is 22.7. The first-order valence-corrected chi connectivity index (χ1v) is 9.34. The molecule has 1 aromatic heterocycles. The first-order chi connectivity index (χ1) is 12.7. The average Bonchev–Trinajstić information content (AvgIpc) is 3.16. The Balaban J connectivity index is 1.64. The summed E-state index contributed by atoms with van der Waals surface area (Å²) in [6.45, 7) is 2.19. The Labute approximate surface area is 158 Å². The Morgan fingerprint density at radius 1 is 0.885 bits per heavy atom. The highest BCUT2D eigenvalue weighted by Gasteiger charge is 2.00. The maximum absolute atomic E-state index is 11.3. The molecule has 3 heteroatoms. The fraction of sp³-hybridized carbons (Fsp3) is 0.0870. The van der Waals surface area contributed by atoms with Crippen LogP contribution in [0.1, 0.15) is 22.9 Å². The molecule has 0 fully saturated rings. The monoisotopic (exact) mass is 360 g/mol. The smallest absolute Gasteiger partial charge is 0.330 e. The Hall–Kier alpha value is -2.91. The van der Waals surface area contributed by atoms with Crippen molar-refractivity contribution in [3.8, 4) is 10.4 Å². The summed E-state index contributed by atoms with van der Waals surface area (Å²) >= 11 is 1.77. The number of esters is 1. The molecule has 130 valence electrons. The molecule has 0 aliphatic heterocycles. The molecule has 2 nitrogen and oxygen atoms in total. The molecule has 0 bridgehead atoms. The van der Waals surface area contributed by atoms with Gasteiger partial charge in [0.1, 0.15) is 0 Å². The van der Waals surface area contributed by atoms with Gasteiger partial charge in [-0.1, -0.05) is 60.7 Å². The second-order valence-corrected chi connectivity index (χ2v) is 6.77. The van der Waals surface area contributed by atoms with Gasteiger partial charge in [0, 0.05) is 15.8 Å². The lowest BCUT2D eigenvalue weighted by atomic mass is 10.1. The Morgan fingerprint density at radius 3 is 2.27 bits per heavy atom. The van der Waals surface area contributed by atoms with Crippen LogP contribution in [0.2, 0.25) is 0 Å². The van der Waals surface area contributed by atoms with Crippen LogP contribution < -0.4 is 0 Å². The van der Waals surface area contributed by atoms with Crippen LogP contribution in [0.4, 0.5) is 0 Å². The third-order valence-corrected chi connectivity index (χ3v) is 4.86. The van der Waals surface area contributed by atoms with E-state index < -0.39 is 0 Å². The van der Waals surface area contributed by atoms with E-state index in [0.717, 1.165) is 11.1 Å². The largest absolute Gasteiger partial charge is 0.463 e. The molecule has 26 heavy (non-hydrogen) atoms. The summed E-state index contributed by atoms with van der Waals surface area (Å²) in [5.41, 5.74) is 3.33. The molecule has 3 rings (SSSR count). The van der Waals surface area contributed by atoms with Gasteiger partial charge in [0.05, 0.1) is 6.61 Å². The first-order valence-electron chi connectivity index (χ1n) is 8.53. The third kappa shape index (κ3) is 5.04. The van der Waals surface area contributed by atoms with Gasteiger partial charge in [-0.3, -0.25) is 0 Å². The van der Waals surface area contributed by atoms with Crippen LogP contribution in [0.5, 0.6) is 0 Å². The number of ether oxygens (including phenoxy) is 1. The average molecular weight is 360 g/mol. The highest BCUT2D eigenvalue weighted by molar-refractivity contribution is 7.16. The molecule has 0 saturated carbocycles. The van der Waals surface area contributed by atoms with Crippen LogP contribution in [-0.2, 0) is 9.53 Å². The molecule has 0 spiro atoms. The van der Waals surface area contributed by atoms with E-state index >= 15 is 0 Å². The zero-order valence-corrected chi connectivity index (χ0v) is 15.4. The standard InChI is InChI=1S/C23H20O2S/c1-2-25-23(24)17-13-19-10-8-18(9-11-19)12-14-21-15-16-22(26-21)20-6-4-3-5-7-20/h3-17H,2H2,1H3/b14-12+,17-13+. The van der Waals surface area contributed by atoms with E-state index in [1.165, 1.54) is 21.4 Å². The van der Waals surface area contributed by atoms with Crippen molar-refractivity contribution in [1.29, 1.82) is 0 Å². The van der Waals surface area contributed by atoms with Gasteiger partial charge in [-0.25, -0.2) is 4.79 Å². The molecule has 0 aliphatic rings. The van der Waals surface area contributed by atoms with Crippen LogP contribution in [0.15, 0.2) is 72.8 Å². The van der Waals surface area contributed by atoms with Gasteiger partial charge in [-0.2, -0.15) is 0 Å². The lowest BCUT2D eigenvalue weighted by molar-refractivity contribution is -0.137. The van der Waals surface area contributed by atoms with Gasteiger partial charge in [-0.15, -0.1) is 11.3 Å². The molecule has 0 saturated heterocycles. The number of carbonyl (C=O) groups is 1. The maximum atomic E-state index is 11.3. The maximum Gasteiger partial charge on any atom is 0.330 e. The normalized spacial score (nSPS) is 11.3. The second-order valence-electron chi connectivity index (χ2n) is 5.65. The van der Waals surface area contributed by atoms with Crippen molar-refractivity contribution in [3.05, 3.63) is 88.8 Å². The highest BCUT2D eigenvalue weighted by Crippen LogP contribution is 2.28. The SMILES string of the molecule is CCOC(=O)/C=C/c1ccc(/C=C/c2ccc(-c3ccccc3)s2)cc1. The predicted molar refractivity (Wildman–Crippen MR) is 111 cm³/mol. The minimum absolute atomic E-state index is 0.316. The molecule has 0 atom stereocenters. The van der Waals surface area contributed by atoms with Gasteiger partial charge in [0.2, 0.25) is 0 Å². The van der Waals surface area contributed by atoms with Gasteiger partial charge in [0.15, 0.2) is 0 Å². The summed E-state index contributed by atoms with van der Waals surface area (Å²) in [6.07, 6.45) is 7.43. The molecule has 0 amide bonds. The summed E-state index contributed by atoms with van der Waals surface area (Å²) in [5.74, 6) is -0.316. The third-order valence-electron chi connectivity index (χ3n) is 3.76. The number of thiophene rings is 1. The first kappa shape index (κ1) is 17.9. The second kappa shape index (κ2) is 8.97. The molecule has 3 aromatic rings. The minimum atomic E-state index is -0.316. The Bertz CT molecular complexity index is 903. The van der Waals surface area contributed by atoms with E-state index in [9.17, 15) is 4.79 Å². The molecule has 0 unspecified atom stereocenters. The van der Waals surface area contributed by atoms with Crippen LogP contribution in [0.3, 0.4) is 0 Å². The van der Waals surface area contributed by atoms with Gasteiger partial charge in [0.25, 0.3) is 0 Å². The number of benzene rings is 2. The van der Waals surface area contributed by atoms with Crippen molar-refractivity contribution in [3.63, 3.8) is 0 Å². The van der Waals surface area contributed by atoms with E-state index in [-0.39, 0.29) is 5.97 Å². The van der Waals surface area contributed by atoms with E-state index in [4.69, 9.17) is 4.74 Å². The lowest BCUT2D eigenvalue weighted by Gasteiger charge is -1.97. The summed E-state index contributed by atoms with van der Waals surface area (Å²) in [5, 5.41) is 0. The number of carbonyl (C=O) groups excluding carboxylic acids is 1. The fourth-order valence-electron chi connectivity index (χ4n) is 2.45. The Kier molecular flexibility index (Phi) is 6.18. The van der Waals surface area contributed by atoms with Crippen molar-refractivity contribution >= 4 is 35.5 Å². The topological polar surface area (TPSA) is 26.3 Å². The number of hydrogen-bond acceptors (Lipinski definition) is 3. The van der Waals surface area contributed by atoms with E-state index in [1.807, 2.05) is 30.3 Å².